The summed E-state index contributed by atoms with van der Waals surface area (Å²) in [6.07, 6.45) is 0.507. The fourth-order valence-electron chi connectivity index (χ4n) is 2.51. The van der Waals surface area contributed by atoms with Crippen LogP contribution >= 0.6 is 27.5 Å². The lowest BCUT2D eigenvalue weighted by molar-refractivity contribution is 0.598. The van der Waals surface area contributed by atoms with Gasteiger partial charge in [0.25, 0.3) is 10.0 Å². The van der Waals surface area contributed by atoms with E-state index in [-0.39, 0.29) is 27.0 Å². The summed E-state index contributed by atoms with van der Waals surface area (Å²) in [4.78, 5) is 0.0981. The maximum absolute atomic E-state index is 12.5. The Morgan fingerprint density at radius 3 is 2.40 bits per heavy atom. The van der Waals surface area contributed by atoms with Crippen LogP contribution in [0.15, 0.2) is 51.8 Å². The van der Waals surface area contributed by atoms with E-state index in [2.05, 4.69) is 20.7 Å². The summed E-state index contributed by atoms with van der Waals surface area (Å²) in [5, 5.41) is 0.247. The molecule has 0 bridgehead atoms. The van der Waals surface area contributed by atoms with Crippen molar-refractivity contribution in [3.63, 3.8) is 0 Å². The van der Waals surface area contributed by atoms with Crippen LogP contribution in [0.1, 0.15) is 6.42 Å². The van der Waals surface area contributed by atoms with Crippen molar-refractivity contribution in [3.05, 3.63) is 52.0 Å². The minimum absolute atomic E-state index is 0.0537. The summed E-state index contributed by atoms with van der Waals surface area (Å²) < 4.78 is 53.5. The van der Waals surface area contributed by atoms with Crippen LogP contribution in [0, 0.1) is 0 Å². The number of hydrogen-bond donors (Lipinski definition) is 1. The first-order valence-electron chi connectivity index (χ1n) is 7.27. The Kier molecular flexibility index (Phi) is 5.02. The Balaban J connectivity index is 1.94. The highest BCUT2D eigenvalue weighted by Gasteiger charge is 2.30. The third kappa shape index (κ3) is 3.94. The van der Waals surface area contributed by atoms with E-state index in [1.165, 1.54) is 34.6 Å². The average molecular weight is 466 g/mol. The highest BCUT2D eigenvalue weighted by atomic mass is 79.9. The normalized spacial score (nSPS) is 16.8. The lowest BCUT2D eigenvalue weighted by Gasteiger charge is -2.19. The van der Waals surface area contributed by atoms with Gasteiger partial charge in [-0.2, -0.15) is 0 Å². The van der Waals surface area contributed by atoms with E-state index in [1.54, 1.807) is 12.1 Å². The predicted octanol–water partition coefficient (Wildman–Crippen LogP) is 3.44. The van der Waals surface area contributed by atoms with Gasteiger partial charge in [-0.3, -0.25) is 9.03 Å². The van der Waals surface area contributed by atoms with Gasteiger partial charge in [-0.15, -0.1) is 0 Å². The second kappa shape index (κ2) is 6.79. The summed E-state index contributed by atoms with van der Waals surface area (Å²) in [5.41, 5.74) is 0.514. The van der Waals surface area contributed by atoms with Gasteiger partial charge in [0.05, 0.1) is 27.0 Å². The molecular weight excluding hydrogens is 452 g/mol. The molecule has 2 aromatic carbocycles. The topological polar surface area (TPSA) is 83.6 Å². The minimum Gasteiger partial charge on any atom is -0.280 e. The summed E-state index contributed by atoms with van der Waals surface area (Å²) >= 11 is 9.37. The summed E-state index contributed by atoms with van der Waals surface area (Å²) in [6, 6.07) is 10.6. The van der Waals surface area contributed by atoms with Crippen LogP contribution in [-0.4, -0.2) is 29.1 Å². The van der Waals surface area contributed by atoms with Gasteiger partial charge in [-0.25, -0.2) is 16.8 Å². The molecule has 1 aliphatic rings. The second-order valence-corrected chi connectivity index (χ2v) is 10.5. The smallest absolute Gasteiger partial charge is 0.261 e. The van der Waals surface area contributed by atoms with E-state index in [4.69, 9.17) is 11.6 Å². The Hall–Kier alpha value is -1.29. The van der Waals surface area contributed by atoms with Gasteiger partial charge in [-0.1, -0.05) is 27.5 Å². The summed E-state index contributed by atoms with van der Waals surface area (Å²) in [6.45, 7) is 0.324. The fraction of sp³-hybridized carbons (Fsp3) is 0.200. The zero-order chi connectivity index (χ0) is 18.2. The maximum atomic E-state index is 12.5. The maximum Gasteiger partial charge on any atom is 0.261 e. The molecule has 10 heteroatoms. The number of sulfonamides is 2. The molecule has 0 atom stereocenters. The Bertz CT molecular complexity index is 1010. The molecule has 2 aromatic rings. The monoisotopic (exact) mass is 464 g/mol. The van der Waals surface area contributed by atoms with Crippen molar-refractivity contribution in [2.75, 3.05) is 21.3 Å². The van der Waals surface area contributed by atoms with Gasteiger partial charge in [0.1, 0.15) is 0 Å². The van der Waals surface area contributed by atoms with Crippen LogP contribution in [0.4, 0.5) is 11.4 Å². The first-order valence-corrected chi connectivity index (χ1v) is 11.5. The van der Waals surface area contributed by atoms with Gasteiger partial charge < -0.3 is 0 Å². The average Bonchev–Trinajstić information content (AvgIpc) is 2.88. The molecule has 0 aromatic heterocycles. The molecule has 1 heterocycles. The van der Waals surface area contributed by atoms with Crippen LogP contribution in [0.5, 0.6) is 0 Å². The van der Waals surface area contributed by atoms with Crippen LogP contribution in [-0.2, 0) is 20.0 Å². The van der Waals surface area contributed by atoms with Crippen molar-refractivity contribution < 1.29 is 16.8 Å². The molecule has 1 N–H and O–H groups in total. The number of anilines is 2. The zero-order valence-electron chi connectivity index (χ0n) is 12.8. The quantitative estimate of drug-likeness (QED) is 0.750. The van der Waals surface area contributed by atoms with Crippen LogP contribution in [0.3, 0.4) is 0 Å². The van der Waals surface area contributed by atoms with E-state index in [0.29, 0.717) is 13.0 Å². The summed E-state index contributed by atoms with van der Waals surface area (Å²) in [7, 11) is -7.21. The van der Waals surface area contributed by atoms with Crippen molar-refractivity contribution in [2.24, 2.45) is 0 Å². The van der Waals surface area contributed by atoms with Crippen LogP contribution < -0.4 is 9.03 Å². The number of hydrogen-bond acceptors (Lipinski definition) is 4. The molecule has 25 heavy (non-hydrogen) atoms. The van der Waals surface area contributed by atoms with Crippen molar-refractivity contribution >= 4 is 59.0 Å². The molecule has 0 aliphatic carbocycles. The third-order valence-corrected chi connectivity index (χ3v) is 7.79. The lowest BCUT2D eigenvalue weighted by atomic mass is 10.3. The van der Waals surface area contributed by atoms with Crippen LogP contribution in [0.2, 0.25) is 5.02 Å². The highest BCUT2D eigenvalue weighted by molar-refractivity contribution is 9.10. The molecule has 134 valence electrons. The molecule has 0 amide bonds. The molecular formula is C15H14BrClN2O4S2. The van der Waals surface area contributed by atoms with Gasteiger partial charge in [0, 0.05) is 11.0 Å². The van der Waals surface area contributed by atoms with Crippen molar-refractivity contribution in [1.29, 1.82) is 0 Å². The van der Waals surface area contributed by atoms with Crippen LogP contribution in [0.25, 0.3) is 0 Å². The van der Waals surface area contributed by atoms with Crippen molar-refractivity contribution in [3.8, 4) is 0 Å². The van der Waals surface area contributed by atoms with Gasteiger partial charge in [0.15, 0.2) is 0 Å². The zero-order valence-corrected chi connectivity index (χ0v) is 16.8. The van der Waals surface area contributed by atoms with E-state index < -0.39 is 20.0 Å². The molecule has 3 rings (SSSR count). The van der Waals surface area contributed by atoms with Crippen molar-refractivity contribution in [2.45, 2.75) is 11.3 Å². The number of halogens is 2. The van der Waals surface area contributed by atoms with Gasteiger partial charge >= 0.3 is 0 Å². The SMILES string of the molecule is O=S(=O)(Nc1ccc(Cl)c(N2CCCS2(=O)=O)c1)c1ccc(Br)cc1. The molecule has 0 unspecified atom stereocenters. The Morgan fingerprint density at radius 2 is 1.80 bits per heavy atom. The molecule has 1 aliphatic heterocycles. The van der Waals surface area contributed by atoms with Gasteiger partial charge in [-0.05, 0) is 48.9 Å². The van der Waals surface area contributed by atoms with E-state index >= 15 is 0 Å². The number of rotatable bonds is 4. The lowest BCUT2D eigenvalue weighted by Crippen LogP contribution is -2.25. The summed E-state index contributed by atoms with van der Waals surface area (Å²) in [5.74, 6) is 0.0537. The van der Waals surface area contributed by atoms with Gasteiger partial charge in [0.2, 0.25) is 10.0 Å². The molecule has 6 nitrogen and oxygen atoms in total. The van der Waals surface area contributed by atoms with Crippen molar-refractivity contribution in [1.82, 2.24) is 0 Å². The largest absolute Gasteiger partial charge is 0.280 e. The molecule has 1 fully saturated rings. The fourth-order valence-corrected chi connectivity index (χ4v) is 5.66. The highest BCUT2D eigenvalue weighted by Crippen LogP contribution is 2.34. The third-order valence-electron chi connectivity index (χ3n) is 3.69. The minimum atomic E-state index is -3.79. The Labute approximate surface area is 160 Å². The molecule has 0 saturated carbocycles. The first kappa shape index (κ1) is 18.5. The molecule has 1 saturated heterocycles. The van der Waals surface area contributed by atoms with E-state index in [1.807, 2.05) is 0 Å². The number of benzene rings is 2. The molecule has 0 spiro atoms. The van der Waals surface area contributed by atoms with E-state index in [0.717, 1.165) is 4.47 Å². The second-order valence-electron chi connectivity index (χ2n) is 5.47. The Morgan fingerprint density at radius 1 is 1.12 bits per heavy atom. The standard InChI is InChI=1S/C15H14BrClN2O4S2/c16-11-2-5-13(6-3-11)25(22,23)18-12-4-7-14(17)15(10-12)19-8-1-9-24(19,20)21/h2-7,10,18H,1,8-9H2. The first-order chi connectivity index (χ1) is 11.7. The van der Waals surface area contributed by atoms with E-state index in [9.17, 15) is 16.8 Å². The molecule has 0 radical (unpaired) electrons. The predicted molar refractivity (Wildman–Crippen MR) is 102 cm³/mol. The number of nitrogens with zero attached hydrogens (tertiary/aromatic N) is 1. The number of nitrogens with one attached hydrogen (secondary N) is 1.